The first kappa shape index (κ1) is 9.68. The van der Waals surface area contributed by atoms with Gasteiger partial charge in [-0.15, -0.1) is 0 Å². The number of carbonyl (C=O) groups is 2. The van der Waals surface area contributed by atoms with E-state index < -0.39 is 5.97 Å². The minimum absolute atomic E-state index is 0.153. The molecule has 0 saturated heterocycles. The van der Waals surface area contributed by atoms with Gasteiger partial charge in [0.2, 0.25) is 5.91 Å². The summed E-state index contributed by atoms with van der Waals surface area (Å²) in [5.74, 6) is -1.28. The summed E-state index contributed by atoms with van der Waals surface area (Å²) in [6.07, 6.45) is 0. The van der Waals surface area contributed by atoms with Crippen molar-refractivity contribution < 1.29 is 14.7 Å². The van der Waals surface area contributed by atoms with Crippen LogP contribution in [0.2, 0.25) is 0 Å². The molecule has 0 aliphatic rings. The summed E-state index contributed by atoms with van der Waals surface area (Å²) in [4.78, 5) is 20.8. The van der Waals surface area contributed by atoms with Gasteiger partial charge in [0, 0.05) is 12.6 Å². The Balaban J connectivity index is 4.40. The number of carbonyl (C=O) groups excluding carboxylic acids is 1. The zero-order valence-corrected chi connectivity index (χ0v) is 6.76. The molecule has 0 atom stereocenters. The molecular formula is C7H11NO3. The molecule has 4 heteroatoms. The Bertz CT molecular complexity index is 218. The van der Waals surface area contributed by atoms with Gasteiger partial charge in [0.25, 0.3) is 0 Å². The monoisotopic (exact) mass is 157 g/mol. The SMILES string of the molecule is CC(=O)N/C(C)=C(/C)C(=O)O. The van der Waals surface area contributed by atoms with Crippen molar-refractivity contribution in [3.63, 3.8) is 0 Å². The van der Waals surface area contributed by atoms with Gasteiger partial charge < -0.3 is 10.4 Å². The molecule has 0 aliphatic heterocycles. The van der Waals surface area contributed by atoms with E-state index in [-0.39, 0.29) is 11.5 Å². The number of hydrogen-bond acceptors (Lipinski definition) is 2. The van der Waals surface area contributed by atoms with Crippen molar-refractivity contribution in [2.24, 2.45) is 0 Å². The van der Waals surface area contributed by atoms with Crippen molar-refractivity contribution in [2.75, 3.05) is 0 Å². The third-order valence-electron chi connectivity index (χ3n) is 1.25. The number of hydrogen-bond donors (Lipinski definition) is 2. The molecule has 0 aromatic heterocycles. The van der Waals surface area contributed by atoms with E-state index in [0.29, 0.717) is 5.70 Å². The first-order chi connectivity index (χ1) is 4.95. The predicted molar refractivity (Wildman–Crippen MR) is 39.8 cm³/mol. The largest absolute Gasteiger partial charge is 0.478 e. The van der Waals surface area contributed by atoms with E-state index in [0.717, 1.165) is 0 Å². The molecule has 0 aliphatic carbocycles. The van der Waals surface area contributed by atoms with Crippen LogP contribution in [0.3, 0.4) is 0 Å². The van der Waals surface area contributed by atoms with E-state index in [2.05, 4.69) is 5.32 Å². The fourth-order valence-corrected chi connectivity index (χ4v) is 0.518. The van der Waals surface area contributed by atoms with Crippen molar-refractivity contribution in [2.45, 2.75) is 20.8 Å². The third kappa shape index (κ3) is 3.40. The molecule has 0 heterocycles. The second-order valence-corrected chi connectivity index (χ2v) is 2.24. The molecule has 0 radical (unpaired) electrons. The Morgan fingerprint density at radius 1 is 1.18 bits per heavy atom. The summed E-state index contributed by atoms with van der Waals surface area (Å²) in [7, 11) is 0. The van der Waals surface area contributed by atoms with E-state index in [1.54, 1.807) is 6.92 Å². The summed E-state index contributed by atoms with van der Waals surface area (Å²) in [6, 6.07) is 0. The molecular weight excluding hydrogens is 146 g/mol. The number of rotatable bonds is 2. The Morgan fingerprint density at radius 2 is 1.64 bits per heavy atom. The van der Waals surface area contributed by atoms with Crippen LogP contribution in [0, 0.1) is 0 Å². The molecule has 2 N–H and O–H groups in total. The minimum atomic E-state index is -1.02. The number of carboxylic acids is 1. The fraction of sp³-hybridized carbons (Fsp3) is 0.429. The van der Waals surface area contributed by atoms with Crippen LogP contribution in [0.1, 0.15) is 20.8 Å². The van der Waals surface area contributed by atoms with Crippen LogP contribution in [-0.2, 0) is 9.59 Å². The molecule has 0 bridgehead atoms. The van der Waals surface area contributed by atoms with Gasteiger partial charge in [-0.3, -0.25) is 4.79 Å². The van der Waals surface area contributed by atoms with Crippen LogP contribution in [0.5, 0.6) is 0 Å². The maximum Gasteiger partial charge on any atom is 0.333 e. The first-order valence-electron chi connectivity index (χ1n) is 3.13. The zero-order chi connectivity index (χ0) is 9.02. The number of carboxylic acid groups (broad SMARTS) is 1. The normalized spacial score (nSPS) is 11.9. The van der Waals surface area contributed by atoms with Gasteiger partial charge >= 0.3 is 5.97 Å². The van der Waals surface area contributed by atoms with Crippen molar-refractivity contribution >= 4 is 11.9 Å². The summed E-state index contributed by atoms with van der Waals surface area (Å²) in [5.41, 5.74) is 0.533. The molecule has 0 aromatic carbocycles. The molecule has 0 unspecified atom stereocenters. The molecule has 0 aromatic rings. The summed E-state index contributed by atoms with van der Waals surface area (Å²) >= 11 is 0. The van der Waals surface area contributed by atoms with Gasteiger partial charge in [-0.05, 0) is 13.8 Å². The lowest BCUT2D eigenvalue weighted by Crippen LogP contribution is -2.20. The number of aliphatic carboxylic acids is 1. The van der Waals surface area contributed by atoms with Crippen molar-refractivity contribution in [3.8, 4) is 0 Å². The lowest BCUT2D eigenvalue weighted by Gasteiger charge is -2.03. The van der Waals surface area contributed by atoms with Crippen LogP contribution in [-0.4, -0.2) is 17.0 Å². The molecule has 0 rings (SSSR count). The van der Waals surface area contributed by atoms with Gasteiger partial charge in [0.15, 0.2) is 0 Å². The Morgan fingerprint density at radius 3 is 1.91 bits per heavy atom. The standard InChI is InChI=1S/C7H11NO3/c1-4(7(10)11)5(2)8-6(3)9/h1-3H3,(H,8,9)(H,10,11)/b5-4-. The van der Waals surface area contributed by atoms with E-state index in [4.69, 9.17) is 5.11 Å². The first-order valence-corrected chi connectivity index (χ1v) is 3.13. The van der Waals surface area contributed by atoms with Crippen LogP contribution in [0.15, 0.2) is 11.3 Å². The lowest BCUT2D eigenvalue weighted by molar-refractivity contribution is -0.132. The highest BCUT2D eigenvalue weighted by molar-refractivity contribution is 5.88. The van der Waals surface area contributed by atoms with E-state index in [1.165, 1.54) is 13.8 Å². The van der Waals surface area contributed by atoms with E-state index >= 15 is 0 Å². The molecule has 0 saturated carbocycles. The number of nitrogens with one attached hydrogen (secondary N) is 1. The third-order valence-corrected chi connectivity index (χ3v) is 1.25. The molecule has 1 amide bonds. The Hall–Kier alpha value is -1.32. The van der Waals surface area contributed by atoms with E-state index in [9.17, 15) is 9.59 Å². The highest BCUT2D eigenvalue weighted by Crippen LogP contribution is 1.98. The average molecular weight is 157 g/mol. The maximum absolute atomic E-state index is 10.4. The van der Waals surface area contributed by atoms with Crippen LogP contribution in [0.25, 0.3) is 0 Å². The van der Waals surface area contributed by atoms with Crippen LogP contribution >= 0.6 is 0 Å². The quantitative estimate of drug-likeness (QED) is 0.573. The maximum atomic E-state index is 10.4. The van der Waals surface area contributed by atoms with Crippen molar-refractivity contribution in [1.82, 2.24) is 5.32 Å². The van der Waals surface area contributed by atoms with Gasteiger partial charge in [-0.2, -0.15) is 0 Å². The average Bonchev–Trinajstić information content (AvgIpc) is 1.84. The summed E-state index contributed by atoms with van der Waals surface area (Å²) in [5, 5.41) is 10.8. The van der Waals surface area contributed by atoms with Crippen molar-refractivity contribution in [1.29, 1.82) is 0 Å². The number of allylic oxidation sites excluding steroid dienone is 1. The highest BCUT2D eigenvalue weighted by atomic mass is 16.4. The van der Waals surface area contributed by atoms with Gasteiger partial charge in [-0.25, -0.2) is 4.79 Å². The molecule has 0 spiro atoms. The Kier molecular flexibility index (Phi) is 3.30. The summed E-state index contributed by atoms with van der Waals surface area (Å²) < 4.78 is 0. The second kappa shape index (κ2) is 3.75. The molecule has 4 nitrogen and oxygen atoms in total. The lowest BCUT2D eigenvalue weighted by atomic mass is 10.2. The Labute approximate surface area is 64.9 Å². The molecule has 11 heavy (non-hydrogen) atoms. The predicted octanol–water partition coefficient (Wildman–Crippen LogP) is 0.501. The van der Waals surface area contributed by atoms with Gasteiger partial charge in [0.05, 0.1) is 5.57 Å². The van der Waals surface area contributed by atoms with E-state index in [1.807, 2.05) is 0 Å². The summed E-state index contributed by atoms with van der Waals surface area (Å²) in [6.45, 7) is 4.32. The van der Waals surface area contributed by atoms with Gasteiger partial charge in [0.1, 0.15) is 0 Å². The minimum Gasteiger partial charge on any atom is -0.478 e. The molecule has 0 fully saturated rings. The van der Waals surface area contributed by atoms with Crippen LogP contribution in [0.4, 0.5) is 0 Å². The fourth-order valence-electron chi connectivity index (χ4n) is 0.518. The number of amides is 1. The van der Waals surface area contributed by atoms with Gasteiger partial charge in [-0.1, -0.05) is 0 Å². The molecule has 62 valence electrons. The smallest absolute Gasteiger partial charge is 0.333 e. The zero-order valence-electron chi connectivity index (χ0n) is 6.76. The van der Waals surface area contributed by atoms with Crippen LogP contribution < -0.4 is 5.32 Å². The second-order valence-electron chi connectivity index (χ2n) is 2.24. The topological polar surface area (TPSA) is 66.4 Å². The van der Waals surface area contributed by atoms with Crippen molar-refractivity contribution in [3.05, 3.63) is 11.3 Å². The highest BCUT2D eigenvalue weighted by Gasteiger charge is 2.05.